The van der Waals surface area contributed by atoms with Gasteiger partial charge in [0, 0.05) is 40.9 Å². The van der Waals surface area contributed by atoms with Crippen LogP contribution < -0.4 is 5.32 Å². The summed E-state index contributed by atoms with van der Waals surface area (Å²) in [6.07, 6.45) is 0.538. The number of hydrogen-bond donors (Lipinski definition) is 1. The van der Waals surface area contributed by atoms with Crippen LogP contribution in [-0.2, 0) is 6.42 Å². The van der Waals surface area contributed by atoms with E-state index in [1.807, 2.05) is 12.1 Å². The van der Waals surface area contributed by atoms with Crippen LogP contribution in [0.2, 0.25) is 5.02 Å². The number of nitrogens with zero attached hydrogens (tertiary/aromatic N) is 3. The Kier molecular flexibility index (Phi) is 4.95. The maximum absolute atomic E-state index is 10.8. The van der Waals surface area contributed by atoms with Crippen LogP contribution in [0, 0.1) is 17.0 Å². The van der Waals surface area contributed by atoms with Crippen molar-refractivity contribution in [3.63, 3.8) is 0 Å². The molecule has 0 saturated heterocycles. The van der Waals surface area contributed by atoms with Crippen molar-refractivity contribution in [2.75, 3.05) is 11.9 Å². The lowest BCUT2D eigenvalue weighted by atomic mass is 10.2. The summed E-state index contributed by atoms with van der Waals surface area (Å²) in [7, 11) is 0. The van der Waals surface area contributed by atoms with Gasteiger partial charge in [0.2, 0.25) is 11.7 Å². The molecule has 0 unspecified atom stereocenters. The van der Waals surface area contributed by atoms with Gasteiger partial charge in [0.05, 0.1) is 4.92 Å². The van der Waals surface area contributed by atoms with E-state index in [-0.39, 0.29) is 5.69 Å². The van der Waals surface area contributed by atoms with Crippen molar-refractivity contribution in [3.05, 3.63) is 69.1 Å². The molecule has 0 aliphatic rings. The largest absolute Gasteiger partial charge is 0.385 e. The predicted octanol–water partition coefficient (Wildman–Crippen LogP) is 4.26. The summed E-state index contributed by atoms with van der Waals surface area (Å²) < 4.78 is 5.24. The Bertz CT molecular complexity index is 893. The van der Waals surface area contributed by atoms with Gasteiger partial charge in [-0.1, -0.05) is 16.8 Å². The van der Waals surface area contributed by atoms with E-state index < -0.39 is 4.92 Å². The molecule has 1 N–H and O–H groups in total. The van der Waals surface area contributed by atoms with Crippen molar-refractivity contribution in [2.45, 2.75) is 13.3 Å². The third-order valence-electron chi connectivity index (χ3n) is 3.63. The fourth-order valence-electron chi connectivity index (χ4n) is 2.36. The number of nitrogens with one attached hydrogen (secondary N) is 1. The van der Waals surface area contributed by atoms with Gasteiger partial charge in [0.25, 0.3) is 5.69 Å². The van der Waals surface area contributed by atoms with Crippen molar-refractivity contribution >= 4 is 23.0 Å². The van der Waals surface area contributed by atoms with Crippen molar-refractivity contribution in [1.82, 2.24) is 10.1 Å². The Morgan fingerprint density at radius 3 is 2.68 bits per heavy atom. The zero-order chi connectivity index (χ0) is 17.8. The van der Waals surface area contributed by atoms with Crippen LogP contribution in [0.15, 0.2) is 47.0 Å². The van der Waals surface area contributed by atoms with E-state index in [9.17, 15) is 10.1 Å². The van der Waals surface area contributed by atoms with Gasteiger partial charge in [-0.05, 0) is 43.3 Å². The highest BCUT2D eigenvalue weighted by molar-refractivity contribution is 6.30. The van der Waals surface area contributed by atoms with Gasteiger partial charge in [-0.25, -0.2) is 0 Å². The molecule has 0 amide bonds. The van der Waals surface area contributed by atoms with Crippen LogP contribution in [0.4, 0.5) is 11.4 Å². The zero-order valence-electron chi connectivity index (χ0n) is 13.4. The number of halogens is 1. The molecule has 2 aromatic carbocycles. The van der Waals surface area contributed by atoms with Crippen LogP contribution in [0.1, 0.15) is 11.5 Å². The van der Waals surface area contributed by atoms with Crippen molar-refractivity contribution in [2.24, 2.45) is 0 Å². The van der Waals surface area contributed by atoms with E-state index in [1.54, 1.807) is 31.2 Å². The average molecular weight is 359 g/mol. The molecule has 7 nitrogen and oxygen atoms in total. The quantitative estimate of drug-likeness (QED) is 0.522. The number of rotatable bonds is 6. The first-order chi connectivity index (χ1) is 12.0. The fraction of sp³-hybridized carbons (Fsp3) is 0.176. The van der Waals surface area contributed by atoms with Gasteiger partial charge in [-0.3, -0.25) is 10.1 Å². The van der Waals surface area contributed by atoms with Gasteiger partial charge in [-0.2, -0.15) is 4.98 Å². The SMILES string of the molecule is Cc1cc(NCCc2nc(-c3ccc(Cl)cc3)no2)ccc1[N+](=O)[O-]. The van der Waals surface area contributed by atoms with E-state index in [4.69, 9.17) is 16.1 Å². The minimum absolute atomic E-state index is 0.107. The van der Waals surface area contributed by atoms with E-state index in [0.29, 0.717) is 35.3 Å². The third kappa shape index (κ3) is 4.13. The first kappa shape index (κ1) is 16.9. The van der Waals surface area contributed by atoms with E-state index in [2.05, 4.69) is 15.5 Å². The summed E-state index contributed by atoms with van der Waals surface area (Å²) >= 11 is 5.86. The summed E-state index contributed by atoms with van der Waals surface area (Å²) in [5, 5.41) is 18.6. The molecule has 0 saturated carbocycles. The zero-order valence-corrected chi connectivity index (χ0v) is 14.2. The van der Waals surface area contributed by atoms with E-state index in [0.717, 1.165) is 11.3 Å². The summed E-state index contributed by atoms with van der Waals surface area (Å²) in [5.41, 5.74) is 2.35. The average Bonchev–Trinajstić information content (AvgIpc) is 3.04. The van der Waals surface area contributed by atoms with Crippen molar-refractivity contribution in [1.29, 1.82) is 0 Å². The molecule has 25 heavy (non-hydrogen) atoms. The lowest BCUT2D eigenvalue weighted by Crippen LogP contribution is -2.05. The molecule has 0 atom stereocenters. The Labute approximate surface area is 148 Å². The summed E-state index contributed by atoms with van der Waals surface area (Å²) in [6, 6.07) is 12.1. The first-order valence-electron chi connectivity index (χ1n) is 7.60. The Morgan fingerprint density at radius 1 is 1.24 bits per heavy atom. The molecule has 0 aliphatic heterocycles. The second kappa shape index (κ2) is 7.31. The highest BCUT2D eigenvalue weighted by Crippen LogP contribution is 2.22. The predicted molar refractivity (Wildman–Crippen MR) is 94.8 cm³/mol. The van der Waals surface area contributed by atoms with E-state index >= 15 is 0 Å². The first-order valence-corrected chi connectivity index (χ1v) is 7.98. The molecule has 1 aromatic heterocycles. The van der Waals surface area contributed by atoms with Gasteiger partial charge in [-0.15, -0.1) is 0 Å². The minimum Gasteiger partial charge on any atom is -0.385 e. The molecular formula is C17H15ClN4O3. The summed E-state index contributed by atoms with van der Waals surface area (Å²) in [6.45, 7) is 2.28. The molecule has 8 heteroatoms. The fourth-order valence-corrected chi connectivity index (χ4v) is 2.48. The summed E-state index contributed by atoms with van der Waals surface area (Å²) in [4.78, 5) is 14.8. The molecule has 3 rings (SSSR count). The molecule has 1 heterocycles. The van der Waals surface area contributed by atoms with Crippen LogP contribution in [0.25, 0.3) is 11.4 Å². The standard InChI is InChI=1S/C17H15ClN4O3/c1-11-10-14(6-7-15(11)22(23)24)19-9-8-16-20-17(21-25-16)12-2-4-13(18)5-3-12/h2-7,10,19H,8-9H2,1H3. The molecule has 3 aromatic rings. The van der Waals surface area contributed by atoms with Gasteiger partial charge in [0.1, 0.15) is 0 Å². The van der Waals surface area contributed by atoms with Crippen molar-refractivity contribution in [3.8, 4) is 11.4 Å². The van der Waals surface area contributed by atoms with Gasteiger partial charge >= 0.3 is 0 Å². The second-order valence-electron chi connectivity index (χ2n) is 5.45. The minimum atomic E-state index is -0.393. The number of aryl methyl sites for hydroxylation is 1. The number of aromatic nitrogens is 2. The number of nitro benzene ring substituents is 1. The van der Waals surface area contributed by atoms with Crippen LogP contribution >= 0.6 is 11.6 Å². The number of nitro groups is 1. The number of hydrogen-bond acceptors (Lipinski definition) is 6. The smallest absolute Gasteiger partial charge is 0.272 e. The van der Waals surface area contributed by atoms with Gasteiger partial charge < -0.3 is 9.84 Å². The Hall–Kier alpha value is -2.93. The monoisotopic (exact) mass is 358 g/mol. The summed E-state index contributed by atoms with van der Waals surface area (Å²) in [5.74, 6) is 1.02. The molecular weight excluding hydrogens is 344 g/mol. The molecule has 0 fully saturated rings. The highest BCUT2D eigenvalue weighted by atomic mass is 35.5. The lowest BCUT2D eigenvalue weighted by molar-refractivity contribution is -0.385. The molecule has 0 spiro atoms. The number of anilines is 1. The molecule has 0 aliphatic carbocycles. The lowest BCUT2D eigenvalue weighted by Gasteiger charge is -2.05. The Morgan fingerprint density at radius 2 is 2.00 bits per heavy atom. The normalized spacial score (nSPS) is 10.6. The molecule has 128 valence electrons. The molecule has 0 radical (unpaired) electrons. The van der Waals surface area contributed by atoms with Crippen LogP contribution in [0.3, 0.4) is 0 Å². The van der Waals surface area contributed by atoms with Crippen molar-refractivity contribution < 1.29 is 9.45 Å². The van der Waals surface area contributed by atoms with Gasteiger partial charge in [0.15, 0.2) is 0 Å². The van der Waals surface area contributed by atoms with Crippen LogP contribution in [0.5, 0.6) is 0 Å². The second-order valence-corrected chi connectivity index (χ2v) is 5.89. The van der Waals surface area contributed by atoms with E-state index in [1.165, 1.54) is 6.07 Å². The van der Waals surface area contributed by atoms with Crippen LogP contribution in [-0.4, -0.2) is 21.6 Å². The molecule has 0 bridgehead atoms. The third-order valence-corrected chi connectivity index (χ3v) is 3.88. The Balaban J connectivity index is 1.58. The highest BCUT2D eigenvalue weighted by Gasteiger charge is 2.11. The number of benzene rings is 2. The maximum atomic E-state index is 10.8. The maximum Gasteiger partial charge on any atom is 0.272 e. The topological polar surface area (TPSA) is 94.1 Å².